The van der Waals surface area contributed by atoms with Crippen LogP contribution in [0.4, 0.5) is 0 Å². The van der Waals surface area contributed by atoms with Crippen LogP contribution in [-0.4, -0.2) is 36.7 Å². The summed E-state index contributed by atoms with van der Waals surface area (Å²) in [5.41, 5.74) is 6.24. The van der Waals surface area contributed by atoms with Crippen LogP contribution in [0.3, 0.4) is 0 Å². The van der Waals surface area contributed by atoms with Gasteiger partial charge in [-0.25, -0.2) is 9.48 Å². The lowest BCUT2D eigenvalue weighted by atomic mass is 10.0. The molecule has 0 spiro atoms. The molecule has 0 atom stereocenters. The number of ether oxygens (including phenoxy) is 2. The van der Waals surface area contributed by atoms with Crippen LogP contribution in [0.1, 0.15) is 29.2 Å². The van der Waals surface area contributed by atoms with Crippen molar-refractivity contribution in [2.24, 2.45) is 14.1 Å². The molecule has 4 rings (SSSR count). The van der Waals surface area contributed by atoms with Gasteiger partial charge in [0.05, 0.1) is 18.5 Å². The minimum atomic E-state index is -0.300. The van der Waals surface area contributed by atoms with E-state index in [0.717, 1.165) is 51.6 Å². The lowest BCUT2D eigenvalue weighted by molar-refractivity contribution is 0.302. The van der Waals surface area contributed by atoms with Gasteiger partial charge in [-0.3, -0.25) is 0 Å². The molecule has 0 amide bonds. The standard InChI is InChI=1S/C24H28N6O3/c1-7-17-9-8-10-20(30-24(31)29(5)26-27-30)19(17)14-33-21-12-11-18(13-15(21)2)22-16(3)23(32-6)28(4)25-22/h8-13H,7,14H2,1-6H3. The minimum Gasteiger partial charge on any atom is -0.489 e. The predicted octanol–water partition coefficient (Wildman–Crippen LogP) is 3.13. The van der Waals surface area contributed by atoms with Crippen molar-refractivity contribution in [2.45, 2.75) is 33.8 Å². The van der Waals surface area contributed by atoms with E-state index >= 15 is 0 Å². The van der Waals surface area contributed by atoms with Gasteiger partial charge in [0, 0.05) is 30.8 Å². The molecule has 0 aliphatic rings. The molecule has 172 valence electrons. The second-order valence-corrected chi connectivity index (χ2v) is 7.94. The van der Waals surface area contributed by atoms with Crippen molar-refractivity contribution in [3.8, 4) is 28.6 Å². The molecule has 0 fully saturated rings. The molecule has 0 unspecified atom stereocenters. The van der Waals surface area contributed by atoms with Gasteiger partial charge in [0.2, 0.25) is 5.88 Å². The fourth-order valence-corrected chi connectivity index (χ4v) is 4.06. The summed E-state index contributed by atoms with van der Waals surface area (Å²) in [6.07, 6.45) is 0.806. The van der Waals surface area contributed by atoms with E-state index in [0.29, 0.717) is 12.3 Å². The van der Waals surface area contributed by atoms with E-state index in [-0.39, 0.29) is 5.69 Å². The molecule has 0 saturated heterocycles. The highest BCUT2D eigenvalue weighted by Crippen LogP contribution is 2.32. The van der Waals surface area contributed by atoms with E-state index in [1.807, 2.05) is 51.2 Å². The quantitative estimate of drug-likeness (QED) is 0.432. The number of methoxy groups -OCH3 is 1. The maximum Gasteiger partial charge on any atom is 0.368 e. The normalized spacial score (nSPS) is 11.1. The van der Waals surface area contributed by atoms with Crippen LogP contribution in [-0.2, 0) is 27.1 Å². The Bertz CT molecular complexity index is 1370. The Morgan fingerprint density at radius 2 is 1.82 bits per heavy atom. The Morgan fingerprint density at radius 1 is 1.03 bits per heavy atom. The van der Waals surface area contributed by atoms with Gasteiger partial charge in [-0.2, -0.15) is 14.5 Å². The van der Waals surface area contributed by atoms with E-state index in [4.69, 9.17) is 9.47 Å². The molecule has 33 heavy (non-hydrogen) atoms. The molecule has 0 aliphatic heterocycles. The average Bonchev–Trinajstić information content (AvgIpc) is 3.29. The lowest BCUT2D eigenvalue weighted by Gasteiger charge is -2.15. The van der Waals surface area contributed by atoms with E-state index in [9.17, 15) is 4.79 Å². The highest BCUT2D eigenvalue weighted by molar-refractivity contribution is 5.67. The molecular formula is C24H28N6O3. The number of aromatic nitrogens is 6. The maximum absolute atomic E-state index is 12.4. The zero-order valence-electron chi connectivity index (χ0n) is 19.8. The van der Waals surface area contributed by atoms with Gasteiger partial charge in [0.15, 0.2) is 0 Å². The third-order valence-corrected chi connectivity index (χ3v) is 5.81. The fourth-order valence-electron chi connectivity index (χ4n) is 4.06. The van der Waals surface area contributed by atoms with Gasteiger partial charge in [0.1, 0.15) is 12.4 Å². The molecule has 0 N–H and O–H groups in total. The fraction of sp³-hybridized carbons (Fsp3) is 0.333. The van der Waals surface area contributed by atoms with Crippen molar-refractivity contribution < 1.29 is 9.47 Å². The summed E-state index contributed by atoms with van der Waals surface area (Å²) in [7, 11) is 5.09. The first kappa shape index (κ1) is 22.3. The van der Waals surface area contributed by atoms with Crippen molar-refractivity contribution in [1.82, 2.24) is 29.6 Å². The molecule has 4 aromatic rings. The second kappa shape index (κ2) is 8.93. The molecule has 0 radical (unpaired) electrons. The number of hydrogen-bond donors (Lipinski definition) is 0. The van der Waals surface area contributed by atoms with Crippen molar-refractivity contribution in [1.29, 1.82) is 0 Å². The Hall–Kier alpha value is -3.88. The SMILES string of the molecule is CCc1cccc(-n2nnn(C)c2=O)c1COc1ccc(-c2nn(C)c(OC)c2C)cc1C. The molecule has 0 saturated carbocycles. The van der Waals surface area contributed by atoms with Crippen molar-refractivity contribution in [3.05, 3.63) is 69.1 Å². The monoisotopic (exact) mass is 448 g/mol. The number of rotatable bonds is 7. The van der Waals surface area contributed by atoms with Gasteiger partial charge in [-0.15, -0.1) is 0 Å². The summed E-state index contributed by atoms with van der Waals surface area (Å²) >= 11 is 0. The molecule has 0 bridgehead atoms. The van der Waals surface area contributed by atoms with Gasteiger partial charge < -0.3 is 9.47 Å². The van der Waals surface area contributed by atoms with Crippen LogP contribution in [0.25, 0.3) is 16.9 Å². The maximum atomic E-state index is 12.4. The largest absolute Gasteiger partial charge is 0.489 e. The number of hydrogen-bond acceptors (Lipinski definition) is 6. The Labute approximate surface area is 192 Å². The van der Waals surface area contributed by atoms with Crippen molar-refractivity contribution >= 4 is 0 Å². The van der Waals surface area contributed by atoms with E-state index in [1.54, 1.807) is 18.8 Å². The van der Waals surface area contributed by atoms with Crippen LogP contribution in [0, 0.1) is 13.8 Å². The first-order chi connectivity index (χ1) is 15.8. The first-order valence-electron chi connectivity index (χ1n) is 10.8. The molecule has 0 aliphatic carbocycles. The summed E-state index contributed by atoms with van der Waals surface area (Å²) in [6, 6.07) is 11.8. The molecular weight excluding hydrogens is 420 g/mol. The number of tetrazole rings is 1. The first-order valence-corrected chi connectivity index (χ1v) is 10.8. The molecule has 2 aromatic carbocycles. The Morgan fingerprint density at radius 3 is 2.42 bits per heavy atom. The molecule has 9 nitrogen and oxygen atoms in total. The highest BCUT2D eigenvalue weighted by Gasteiger charge is 2.17. The number of nitrogens with zero attached hydrogens (tertiary/aromatic N) is 6. The van der Waals surface area contributed by atoms with Crippen LogP contribution < -0.4 is 15.2 Å². The van der Waals surface area contributed by atoms with E-state index < -0.39 is 0 Å². The van der Waals surface area contributed by atoms with Crippen molar-refractivity contribution in [3.63, 3.8) is 0 Å². The second-order valence-electron chi connectivity index (χ2n) is 7.94. The van der Waals surface area contributed by atoms with Gasteiger partial charge in [0.25, 0.3) is 0 Å². The van der Waals surface area contributed by atoms with Gasteiger partial charge in [-0.05, 0) is 66.1 Å². The van der Waals surface area contributed by atoms with Crippen LogP contribution in [0.2, 0.25) is 0 Å². The highest BCUT2D eigenvalue weighted by atomic mass is 16.5. The zero-order chi connectivity index (χ0) is 23.7. The molecule has 9 heteroatoms. The van der Waals surface area contributed by atoms with Gasteiger partial charge >= 0.3 is 5.69 Å². The third-order valence-electron chi connectivity index (χ3n) is 5.81. The van der Waals surface area contributed by atoms with Crippen molar-refractivity contribution in [2.75, 3.05) is 7.11 Å². The predicted molar refractivity (Wildman–Crippen MR) is 125 cm³/mol. The number of benzene rings is 2. The molecule has 2 aromatic heterocycles. The summed E-state index contributed by atoms with van der Waals surface area (Å²) < 4.78 is 15.9. The number of aryl methyl sites for hydroxylation is 4. The van der Waals surface area contributed by atoms with Crippen LogP contribution in [0.5, 0.6) is 11.6 Å². The summed E-state index contributed by atoms with van der Waals surface area (Å²) in [4.78, 5) is 12.4. The van der Waals surface area contributed by atoms with Crippen LogP contribution >= 0.6 is 0 Å². The van der Waals surface area contributed by atoms with Crippen LogP contribution in [0.15, 0.2) is 41.2 Å². The lowest BCUT2D eigenvalue weighted by Crippen LogP contribution is -2.23. The molecule has 2 heterocycles. The summed E-state index contributed by atoms with van der Waals surface area (Å²) in [5, 5.41) is 12.4. The topological polar surface area (TPSA) is 89.0 Å². The average molecular weight is 449 g/mol. The summed E-state index contributed by atoms with van der Waals surface area (Å²) in [6.45, 7) is 6.39. The van der Waals surface area contributed by atoms with Gasteiger partial charge in [-0.1, -0.05) is 19.1 Å². The summed E-state index contributed by atoms with van der Waals surface area (Å²) in [5.74, 6) is 1.51. The Balaban J connectivity index is 1.64. The van der Waals surface area contributed by atoms with E-state index in [1.165, 1.54) is 9.36 Å². The van der Waals surface area contributed by atoms with E-state index in [2.05, 4.69) is 28.5 Å². The minimum absolute atomic E-state index is 0.300. The zero-order valence-corrected chi connectivity index (χ0v) is 19.8. The Kier molecular flexibility index (Phi) is 6.04. The smallest absolute Gasteiger partial charge is 0.368 e. The third kappa shape index (κ3) is 4.02.